The number of halogens is 3. The molecule has 0 spiro atoms. The average molecular weight is 308 g/mol. The summed E-state index contributed by atoms with van der Waals surface area (Å²) in [7, 11) is 1.56. The van der Waals surface area contributed by atoms with Crippen LogP contribution in [0.4, 0.5) is 0 Å². The average Bonchev–Trinajstić information content (AvgIpc) is 2.17. The van der Waals surface area contributed by atoms with Gasteiger partial charge in [-0.25, -0.2) is 4.98 Å². The maximum Gasteiger partial charge on any atom is 0.262 e. The Kier molecular flexibility index (Phi) is 2.75. The fraction of sp³-hybridized carbons (Fsp3) is 0.111. The fourth-order valence-corrected chi connectivity index (χ4v) is 2.33. The highest BCUT2D eigenvalue weighted by Crippen LogP contribution is 2.25. The number of rotatable bonds is 0. The molecule has 0 aliphatic rings. The van der Waals surface area contributed by atoms with Crippen LogP contribution in [0.15, 0.2) is 21.4 Å². The van der Waals surface area contributed by atoms with Gasteiger partial charge in [-0.3, -0.25) is 9.36 Å². The molecule has 2 rings (SSSR count). The Labute approximate surface area is 104 Å². The molecule has 2 aromatic rings. The minimum Gasteiger partial charge on any atom is -0.286 e. The first-order valence-corrected chi connectivity index (χ1v) is 5.57. The van der Waals surface area contributed by atoms with Crippen LogP contribution in [0.3, 0.4) is 0 Å². The molecule has 6 heteroatoms. The normalized spacial score (nSPS) is 10.9. The van der Waals surface area contributed by atoms with E-state index in [-0.39, 0.29) is 10.8 Å². The van der Waals surface area contributed by atoms with Gasteiger partial charge < -0.3 is 0 Å². The summed E-state index contributed by atoms with van der Waals surface area (Å²) in [6.45, 7) is 0. The second kappa shape index (κ2) is 3.77. The van der Waals surface area contributed by atoms with Crippen molar-refractivity contribution >= 4 is 50.0 Å². The van der Waals surface area contributed by atoms with E-state index in [1.165, 1.54) is 4.57 Å². The lowest BCUT2D eigenvalue weighted by molar-refractivity contribution is 0.844. The van der Waals surface area contributed by atoms with Crippen LogP contribution in [0, 0.1) is 0 Å². The number of fused-ring (bicyclic) bond motifs is 1. The number of hydrogen-bond donors (Lipinski definition) is 0. The van der Waals surface area contributed by atoms with Crippen LogP contribution in [-0.4, -0.2) is 9.55 Å². The van der Waals surface area contributed by atoms with Crippen molar-refractivity contribution in [3.05, 3.63) is 37.3 Å². The van der Waals surface area contributed by atoms with Crippen LogP contribution in [0.5, 0.6) is 0 Å². The van der Waals surface area contributed by atoms with Crippen LogP contribution in [-0.2, 0) is 7.05 Å². The topological polar surface area (TPSA) is 34.9 Å². The van der Waals surface area contributed by atoms with Crippen LogP contribution in [0.25, 0.3) is 10.9 Å². The largest absolute Gasteiger partial charge is 0.286 e. The summed E-state index contributed by atoms with van der Waals surface area (Å²) in [5.74, 6) is 0. The quantitative estimate of drug-likeness (QED) is 0.701. The molecule has 0 unspecified atom stereocenters. The van der Waals surface area contributed by atoms with Crippen LogP contribution in [0.1, 0.15) is 0 Å². The van der Waals surface area contributed by atoms with E-state index < -0.39 is 0 Å². The third-order valence-corrected chi connectivity index (χ3v) is 3.20. The zero-order chi connectivity index (χ0) is 11.2. The number of benzene rings is 1. The number of hydrogen-bond acceptors (Lipinski definition) is 2. The van der Waals surface area contributed by atoms with Gasteiger partial charge in [0.1, 0.15) is 0 Å². The SMILES string of the molecule is Cn1c(Cl)nc2c(Br)cc(Cl)cc2c1=O. The Morgan fingerprint density at radius 2 is 2.07 bits per heavy atom. The summed E-state index contributed by atoms with van der Waals surface area (Å²) >= 11 is 14.9. The lowest BCUT2D eigenvalue weighted by Crippen LogP contribution is -2.18. The molecule has 1 aromatic carbocycles. The molecule has 0 amide bonds. The van der Waals surface area contributed by atoms with Gasteiger partial charge in [-0.1, -0.05) is 11.6 Å². The maximum absolute atomic E-state index is 11.8. The third-order valence-electron chi connectivity index (χ3n) is 2.04. The van der Waals surface area contributed by atoms with Gasteiger partial charge in [0, 0.05) is 16.5 Å². The highest BCUT2D eigenvalue weighted by atomic mass is 79.9. The van der Waals surface area contributed by atoms with Gasteiger partial charge in [0.25, 0.3) is 5.56 Å². The Balaban J connectivity index is 3.06. The Morgan fingerprint density at radius 1 is 1.40 bits per heavy atom. The standard InChI is InChI=1S/C9H5BrCl2N2O/c1-14-8(15)5-2-4(11)3-6(10)7(5)13-9(14)12/h2-3H,1H3. The fourth-order valence-electron chi connectivity index (χ4n) is 1.27. The Hall–Kier alpha value is -0.580. The van der Waals surface area contributed by atoms with E-state index in [0.717, 1.165) is 0 Å². The van der Waals surface area contributed by atoms with Crippen molar-refractivity contribution in [1.82, 2.24) is 9.55 Å². The molecule has 0 saturated heterocycles. The van der Waals surface area contributed by atoms with Gasteiger partial charge in [-0.2, -0.15) is 0 Å². The lowest BCUT2D eigenvalue weighted by atomic mass is 10.2. The summed E-state index contributed by atoms with van der Waals surface area (Å²) < 4.78 is 1.93. The first-order valence-electron chi connectivity index (χ1n) is 4.02. The summed E-state index contributed by atoms with van der Waals surface area (Å²) in [4.78, 5) is 15.9. The van der Waals surface area contributed by atoms with Crippen molar-refractivity contribution in [1.29, 1.82) is 0 Å². The Morgan fingerprint density at radius 3 is 2.73 bits per heavy atom. The van der Waals surface area contributed by atoms with Crippen LogP contribution >= 0.6 is 39.1 Å². The highest BCUT2D eigenvalue weighted by Gasteiger charge is 2.10. The van der Waals surface area contributed by atoms with Gasteiger partial charge in [0.15, 0.2) is 0 Å². The first kappa shape index (κ1) is 10.9. The molecule has 0 saturated carbocycles. The van der Waals surface area contributed by atoms with Crippen LogP contribution in [0.2, 0.25) is 10.3 Å². The van der Waals surface area contributed by atoms with Crippen molar-refractivity contribution in [3.8, 4) is 0 Å². The molecule has 0 aliphatic carbocycles. The first-order chi connectivity index (χ1) is 7.00. The molecule has 0 bridgehead atoms. The van der Waals surface area contributed by atoms with Gasteiger partial charge in [0.2, 0.25) is 5.28 Å². The van der Waals surface area contributed by atoms with Gasteiger partial charge in [-0.15, -0.1) is 0 Å². The van der Waals surface area contributed by atoms with E-state index in [0.29, 0.717) is 20.4 Å². The predicted molar refractivity (Wildman–Crippen MR) is 64.7 cm³/mol. The lowest BCUT2D eigenvalue weighted by Gasteiger charge is -2.05. The molecule has 78 valence electrons. The van der Waals surface area contributed by atoms with Gasteiger partial charge in [-0.05, 0) is 39.7 Å². The minimum absolute atomic E-state index is 0.149. The molecule has 1 heterocycles. The smallest absolute Gasteiger partial charge is 0.262 e. The Bertz CT molecular complexity index is 609. The van der Waals surface area contributed by atoms with Crippen molar-refractivity contribution < 1.29 is 0 Å². The monoisotopic (exact) mass is 306 g/mol. The summed E-state index contributed by atoms with van der Waals surface area (Å²) in [6, 6.07) is 3.25. The van der Waals surface area contributed by atoms with Crippen molar-refractivity contribution in [2.24, 2.45) is 7.05 Å². The molecular weight excluding hydrogens is 303 g/mol. The summed E-state index contributed by atoms with van der Waals surface area (Å²) in [5, 5.41) is 1.08. The molecule has 0 radical (unpaired) electrons. The van der Waals surface area contributed by atoms with Crippen LogP contribution < -0.4 is 5.56 Å². The number of nitrogens with zero attached hydrogens (tertiary/aromatic N) is 2. The van der Waals surface area contributed by atoms with E-state index in [9.17, 15) is 4.79 Å². The van der Waals surface area contributed by atoms with E-state index >= 15 is 0 Å². The van der Waals surface area contributed by atoms with Crippen molar-refractivity contribution in [2.45, 2.75) is 0 Å². The van der Waals surface area contributed by atoms with Crippen molar-refractivity contribution in [3.63, 3.8) is 0 Å². The van der Waals surface area contributed by atoms with E-state index in [1.807, 2.05) is 0 Å². The molecular formula is C9H5BrCl2N2O. The number of aromatic nitrogens is 2. The molecule has 0 N–H and O–H groups in total. The van der Waals surface area contributed by atoms with Gasteiger partial charge in [0.05, 0.1) is 10.9 Å². The highest BCUT2D eigenvalue weighted by molar-refractivity contribution is 9.10. The van der Waals surface area contributed by atoms with Gasteiger partial charge >= 0.3 is 0 Å². The third kappa shape index (κ3) is 1.77. The van der Waals surface area contributed by atoms with E-state index in [1.54, 1.807) is 19.2 Å². The molecule has 0 fully saturated rings. The molecule has 0 aliphatic heterocycles. The summed E-state index contributed by atoms with van der Waals surface area (Å²) in [6.07, 6.45) is 0. The minimum atomic E-state index is -0.215. The van der Waals surface area contributed by atoms with E-state index in [2.05, 4.69) is 20.9 Å². The van der Waals surface area contributed by atoms with E-state index in [4.69, 9.17) is 23.2 Å². The predicted octanol–water partition coefficient (Wildman–Crippen LogP) is 3.00. The second-order valence-electron chi connectivity index (χ2n) is 3.03. The molecule has 3 nitrogen and oxygen atoms in total. The zero-order valence-electron chi connectivity index (χ0n) is 7.59. The zero-order valence-corrected chi connectivity index (χ0v) is 10.7. The van der Waals surface area contributed by atoms with Crippen molar-refractivity contribution in [2.75, 3.05) is 0 Å². The summed E-state index contributed by atoms with van der Waals surface area (Å²) in [5.41, 5.74) is 0.306. The molecule has 1 aromatic heterocycles. The second-order valence-corrected chi connectivity index (χ2v) is 4.66. The molecule has 15 heavy (non-hydrogen) atoms. The maximum atomic E-state index is 11.8. The molecule has 0 atom stereocenters.